The molecule has 0 aliphatic heterocycles. The van der Waals surface area contributed by atoms with Gasteiger partial charge in [-0.1, -0.05) is 12.1 Å². The summed E-state index contributed by atoms with van der Waals surface area (Å²) in [5.74, 6) is -2.98. The second-order valence-corrected chi connectivity index (χ2v) is 3.42. The van der Waals surface area contributed by atoms with Crippen molar-refractivity contribution in [3.63, 3.8) is 0 Å². The normalized spacial score (nSPS) is 9.78. The highest BCUT2D eigenvalue weighted by molar-refractivity contribution is 6.69. The van der Waals surface area contributed by atoms with Gasteiger partial charge in [0.1, 0.15) is 11.4 Å². The van der Waals surface area contributed by atoms with Crippen LogP contribution in [0, 0.1) is 0 Å². The summed E-state index contributed by atoms with van der Waals surface area (Å²) in [6, 6.07) is 9.12. The van der Waals surface area contributed by atoms with E-state index in [4.69, 9.17) is 0 Å². The van der Waals surface area contributed by atoms with Gasteiger partial charge in [-0.3, -0.25) is 24.4 Å². The third-order valence-corrected chi connectivity index (χ3v) is 2.21. The van der Waals surface area contributed by atoms with Gasteiger partial charge in [-0.05, 0) is 24.3 Å². The van der Waals surface area contributed by atoms with Crippen molar-refractivity contribution in [3.8, 4) is 0 Å². The summed E-state index contributed by atoms with van der Waals surface area (Å²) >= 11 is 0. The Balaban J connectivity index is 2.23. The van der Waals surface area contributed by atoms with Crippen LogP contribution in [0.4, 0.5) is 0 Å². The van der Waals surface area contributed by atoms with Crippen molar-refractivity contribution in [1.82, 2.24) is 9.97 Å². The standard InChI is InChI=1S/C13H8N2O3/c16-11(9-5-1-3-7-14-9)13(18)12(17)10-6-2-4-8-15-10/h1-8H. The van der Waals surface area contributed by atoms with E-state index in [1.54, 1.807) is 24.3 Å². The molecule has 5 nitrogen and oxygen atoms in total. The highest BCUT2D eigenvalue weighted by atomic mass is 16.2. The van der Waals surface area contributed by atoms with E-state index >= 15 is 0 Å². The van der Waals surface area contributed by atoms with E-state index in [0.29, 0.717) is 0 Å². The van der Waals surface area contributed by atoms with Gasteiger partial charge in [0, 0.05) is 12.4 Å². The number of Topliss-reactive ketones (excluding diaryl/α,β-unsaturated/α-hetero) is 3. The number of carbonyl (C=O) groups excluding carboxylic acids is 3. The highest BCUT2D eigenvalue weighted by Gasteiger charge is 2.26. The molecular formula is C13H8N2O3. The van der Waals surface area contributed by atoms with Crippen molar-refractivity contribution in [2.75, 3.05) is 0 Å². The van der Waals surface area contributed by atoms with Crippen molar-refractivity contribution in [2.24, 2.45) is 0 Å². The van der Waals surface area contributed by atoms with Crippen molar-refractivity contribution in [3.05, 3.63) is 60.2 Å². The third kappa shape index (κ3) is 2.35. The molecule has 5 heteroatoms. The van der Waals surface area contributed by atoms with Gasteiger partial charge in [-0.25, -0.2) is 0 Å². The summed E-state index contributed by atoms with van der Waals surface area (Å²) in [7, 11) is 0. The number of hydrogen-bond acceptors (Lipinski definition) is 5. The van der Waals surface area contributed by atoms with Gasteiger partial charge in [0.25, 0.3) is 17.3 Å². The monoisotopic (exact) mass is 240 g/mol. The molecule has 0 aromatic carbocycles. The fourth-order valence-electron chi connectivity index (χ4n) is 1.33. The Labute approximate surface area is 103 Å². The van der Waals surface area contributed by atoms with Crippen molar-refractivity contribution in [1.29, 1.82) is 0 Å². The minimum Gasteiger partial charge on any atom is -0.283 e. The largest absolute Gasteiger partial charge is 0.283 e. The molecule has 0 N–H and O–H groups in total. The summed E-state index contributed by atoms with van der Waals surface area (Å²) in [6.07, 6.45) is 2.76. The lowest BCUT2D eigenvalue weighted by molar-refractivity contribution is -0.111. The van der Waals surface area contributed by atoms with Crippen molar-refractivity contribution in [2.45, 2.75) is 0 Å². The Morgan fingerprint density at radius 2 is 1.17 bits per heavy atom. The molecule has 2 rings (SSSR count). The number of rotatable bonds is 4. The second-order valence-electron chi connectivity index (χ2n) is 3.42. The third-order valence-electron chi connectivity index (χ3n) is 2.21. The number of aromatic nitrogens is 2. The first-order valence-electron chi connectivity index (χ1n) is 5.15. The number of ketones is 3. The molecule has 0 saturated heterocycles. The van der Waals surface area contributed by atoms with E-state index < -0.39 is 17.3 Å². The quantitative estimate of drug-likeness (QED) is 0.454. The van der Waals surface area contributed by atoms with Crippen molar-refractivity contribution < 1.29 is 14.4 Å². The minimum absolute atomic E-state index is 0.0493. The van der Waals surface area contributed by atoms with Crippen LogP contribution in [-0.4, -0.2) is 27.3 Å². The zero-order valence-electron chi connectivity index (χ0n) is 9.24. The Kier molecular flexibility index (Phi) is 3.33. The maximum Gasteiger partial charge on any atom is 0.277 e. The molecule has 0 amide bonds. The summed E-state index contributed by atoms with van der Waals surface area (Å²) < 4.78 is 0. The molecule has 0 atom stereocenters. The number of carbonyl (C=O) groups is 3. The lowest BCUT2D eigenvalue weighted by atomic mass is 10.1. The molecule has 0 aliphatic carbocycles. The van der Waals surface area contributed by atoms with Gasteiger partial charge in [-0.2, -0.15) is 0 Å². The van der Waals surface area contributed by atoms with Gasteiger partial charge in [0.2, 0.25) is 0 Å². The minimum atomic E-state index is -1.13. The topological polar surface area (TPSA) is 77.0 Å². The average Bonchev–Trinajstić information content (AvgIpc) is 2.47. The van der Waals surface area contributed by atoms with E-state index in [2.05, 4.69) is 9.97 Å². The zero-order valence-corrected chi connectivity index (χ0v) is 9.24. The molecule has 0 aliphatic rings. The molecule has 0 bridgehead atoms. The van der Waals surface area contributed by atoms with Crippen LogP contribution in [0.15, 0.2) is 48.8 Å². The predicted octanol–water partition coefficient (Wildman–Crippen LogP) is 1.11. The molecule has 2 aromatic heterocycles. The van der Waals surface area contributed by atoms with Crippen LogP contribution in [0.1, 0.15) is 21.0 Å². The Bertz CT molecular complexity index is 541. The molecule has 2 heterocycles. The summed E-state index contributed by atoms with van der Waals surface area (Å²) in [4.78, 5) is 42.5. The maximum absolute atomic E-state index is 11.7. The fourth-order valence-corrected chi connectivity index (χ4v) is 1.33. The molecule has 88 valence electrons. The average molecular weight is 240 g/mol. The fraction of sp³-hybridized carbons (Fsp3) is 0. The first-order valence-corrected chi connectivity index (χ1v) is 5.15. The van der Waals surface area contributed by atoms with Gasteiger partial charge in [0.15, 0.2) is 0 Å². The number of pyridine rings is 2. The lowest BCUT2D eigenvalue weighted by Gasteiger charge is -1.98. The highest BCUT2D eigenvalue weighted by Crippen LogP contribution is 2.02. The summed E-state index contributed by atoms with van der Waals surface area (Å²) in [6.45, 7) is 0. The second kappa shape index (κ2) is 5.09. The molecule has 0 fully saturated rings. The maximum atomic E-state index is 11.7. The van der Waals surface area contributed by atoms with E-state index in [-0.39, 0.29) is 11.4 Å². The first kappa shape index (κ1) is 11.8. The molecule has 18 heavy (non-hydrogen) atoms. The first-order chi connectivity index (χ1) is 8.70. The van der Waals surface area contributed by atoms with E-state index in [9.17, 15) is 14.4 Å². The number of hydrogen-bond donors (Lipinski definition) is 0. The zero-order chi connectivity index (χ0) is 13.0. The lowest BCUT2D eigenvalue weighted by Crippen LogP contribution is -2.25. The van der Waals surface area contributed by atoms with Crippen LogP contribution < -0.4 is 0 Å². The molecule has 0 radical (unpaired) electrons. The number of nitrogens with zero attached hydrogens (tertiary/aromatic N) is 2. The molecule has 0 saturated carbocycles. The van der Waals surface area contributed by atoms with Crippen LogP contribution >= 0.6 is 0 Å². The van der Waals surface area contributed by atoms with Gasteiger partial charge < -0.3 is 0 Å². The SMILES string of the molecule is O=C(C(=O)c1ccccn1)C(=O)c1ccccn1. The summed E-state index contributed by atoms with van der Waals surface area (Å²) in [5.41, 5.74) is -0.0986. The Morgan fingerprint density at radius 3 is 1.50 bits per heavy atom. The Morgan fingerprint density at radius 1 is 0.722 bits per heavy atom. The molecule has 0 unspecified atom stereocenters. The van der Waals surface area contributed by atoms with Gasteiger partial charge >= 0.3 is 0 Å². The summed E-state index contributed by atoms with van der Waals surface area (Å²) in [5, 5.41) is 0. The van der Waals surface area contributed by atoms with Crippen LogP contribution in [0.2, 0.25) is 0 Å². The van der Waals surface area contributed by atoms with E-state index in [0.717, 1.165) is 0 Å². The predicted molar refractivity (Wildman–Crippen MR) is 62.1 cm³/mol. The van der Waals surface area contributed by atoms with Crippen LogP contribution in [0.3, 0.4) is 0 Å². The van der Waals surface area contributed by atoms with E-state index in [1.165, 1.54) is 24.5 Å². The van der Waals surface area contributed by atoms with Crippen LogP contribution in [0.25, 0.3) is 0 Å². The smallest absolute Gasteiger partial charge is 0.277 e. The van der Waals surface area contributed by atoms with Gasteiger partial charge in [0.05, 0.1) is 0 Å². The van der Waals surface area contributed by atoms with Gasteiger partial charge in [-0.15, -0.1) is 0 Å². The van der Waals surface area contributed by atoms with Crippen LogP contribution in [-0.2, 0) is 4.79 Å². The molecular weight excluding hydrogens is 232 g/mol. The van der Waals surface area contributed by atoms with E-state index in [1.807, 2.05) is 0 Å². The Hall–Kier alpha value is -2.69. The molecule has 2 aromatic rings. The van der Waals surface area contributed by atoms with Crippen LogP contribution in [0.5, 0.6) is 0 Å². The molecule has 0 spiro atoms. The van der Waals surface area contributed by atoms with Crippen molar-refractivity contribution >= 4 is 17.3 Å².